The summed E-state index contributed by atoms with van der Waals surface area (Å²) in [7, 11) is 0. The number of rotatable bonds is 2. The lowest BCUT2D eigenvalue weighted by atomic mass is 9.89. The van der Waals surface area contributed by atoms with Gasteiger partial charge in [-0.05, 0) is 73.1 Å². The smallest absolute Gasteiger partial charge is 0.160 e. The third-order valence-corrected chi connectivity index (χ3v) is 10.5. The Morgan fingerprint density at radius 3 is 2.04 bits per heavy atom. The fourth-order valence-corrected chi connectivity index (χ4v) is 8.51. The van der Waals surface area contributed by atoms with E-state index in [2.05, 4.69) is 140 Å². The maximum Gasteiger partial charge on any atom is 0.160 e. The van der Waals surface area contributed by atoms with Gasteiger partial charge in [-0.25, -0.2) is 9.97 Å². The monoisotopic (exact) mass is 588 g/mol. The molecule has 0 spiro atoms. The van der Waals surface area contributed by atoms with Crippen LogP contribution in [0.25, 0.3) is 96.7 Å². The molecule has 0 fully saturated rings. The molecule has 0 bridgehead atoms. The fraction of sp³-hybridized carbons (Fsp3) is 0. The molecule has 0 aliphatic heterocycles. The van der Waals surface area contributed by atoms with Gasteiger partial charge in [-0.3, -0.25) is 0 Å². The largest absolute Gasteiger partial charge is 0.236 e. The quantitative estimate of drug-likeness (QED) is 0.188. The Bertz CT molecular complexity index is 2810. The fourth-order valence-electron chi connectivity index (χ4n) is 7.22. The summed E-state index contributed by atoms with van der Waals surface area (Å²) in [4.78, 5) is 10.3. The van der Waals surface area contributed by atoms with Crippen LogP contribution in [0.4, 0.5) is 0 Å². The number of nitrogens with zero attached hydrogens (tertiary/aromatic N) is 2. The predicted molar refractivity (Wildman–Crippen MR) is 193 cm³/mol. The van der Waals surface area contributed by atoms with Crippen LogP contribution < -0.4 is 0 Å². The van der Waals surface area contributed by atoms with Crippen LogP contribution in [-0.2, 0) is 0 Å². The summed E-state index contributed by atoms with van der Waals surface area (Å²) >= 11 is 1.87. The van der Waals surface area contributed by atoms with Gasteiger partial charge in [0.05, 0.1) is 5.52 Å². The van der Waals surface area contributed by atoms with E-state index >= 15 is 0 Å². The van der Waals surface area contributed by atoms with Crippen molar-refractivity contribution in [3.05, 3.63) is 146 Å². The second-order valence-electron chi connectivity index (χ2n) is 11.7. The van der Waals surface area contributed by atoms with Gasteiger partial charge < -0.3 is 0 Å². The van der Waals surface area contributed by atoms with Crippen molar-refractivity contribution >= 4 is 85.5 Å². The highest BCUT2D eigenvalue weighted by molar-refractivity contribution is 7.27. The lowest BCUT2D eigenvalue weighted by Gasteiger charge is -2.15. The maximum atomic E-state index is 5.22. The highest BCUT2D eigenvalue weighted by Gasteiger charge is 2.20. The minimum atomic E-state index is 0.761. The first kappa shape index (κ1) is 24.8. The molecule has 2 heterocycles. The minimum Gasteiger partial charge on any atom is -0.236 e. The van der Waals surface area contributed by atoms with E-state index in [9.17, 15) is 0 Å². The SMILES string of the molecule is c1ccc(-c2ccc3c(c2)c2ccccc2c2cc(-c4ncc5c(ccc6ccccc65)n4)c4c5ccccc5sc4c32)cc1. The van der Waals surface area contributed by atoms with Crippen LogP contribution in [-0.4, -0.2) is 9.97 Å². The second-order valence-corrected chi connectivity index (χ2v) is 12.8. The maximum absolute atomic E-state index is 5.22. The van der Waals surface area contributed by atoms with Crippen LogP contribution in [0.5, 0.6) is 0 Å². The van der Waals surface area contributed by atoms with E-state index in [0.717, 1.165) is 22.3 Å². The molecule has 0 amide bonds. The molecule has 0 atom stereocenters. The van der Waals surface area contributed by atoms with Crippen molar-refractivity contribution in [2.24, 2.45) is 0 Å². The third-order valence-electron chi connectivity index (χ3n) is 9.28. The van der Waals surface area contributed by atoms with Gasteiger partial charge in [0, 0.05) is 42.7 Å². The minimum absolute atomic E-state index is 0.761. The molecule has 0 unspecified atom stereocenters. The highest BCUT2D eigenvalue weighted by Crippen LogP contribution is 2.48. The average Bonchev–Trinajstić information content (AvgIpc) is 3.51. The Kier molecular flexibility index (Phi) is 5.19. The van der Waals surface area contributed by atoms with Gasteiger partial charge in [0.15, 0.2) is 5.82 Å². The molecule has 208 valence electrons. The lowest BCUT2D eigenvalue weighted by molar-refractivity contribution is 1.24. The molecule has 2 nitrogen and oxygen atoms in total. The lowest BCUT2D eigenvalue weighted by Crippen LogP contribution is -1.93. The van der Waals surface area contributed by atoms with Crippen molar-refractivity contribution in [1.82, 2.24) is 9.97 Å². The number of hydrogen-bond donors (Lipinski definition) is 0. The summed E-state index contributed by atoms with van der Waals surface area (Å²) in [6.45, 7) is 0. The van der Waals surface area contributed by atoms with Gasteiger partial charge in [-0.2, -0.15) is 0 Å². The van der Waals surface area contributed by atoms with Gasteiger partial charge >= 0.3 is 0 Å². The van der Waals surface area contributed by atoms with Crippen molar-refractivity contribution < 1.29 is 0 Å². The van der Waals surface area contributed by atoms with Gasteiger partial charge in [0.1, 0.15) is 0 Å². The summed E-state index contributed by atoms with van der Waals surface area (Å²) in [6, 6.07) is 50.3. The molecular formula is C42H24N2S. The van der Waals surface area contributed by atoms with Crippen LogP contribution in [0, 0.1) is 0 Å². The zero-order valence-corrected chi connectivity index (χ0v) is 25.0. The number of aromatic nitrogens is 2. The van der Waals surface area contributed by atoms with E-state index in [1.165, 1.54) is 74.4 Å². The summed E-state index contributed by atoms with van der Waals surface area (Å²) in [5.74, 6) is 0.761. The first-order chi connectivity index (χ1) is 22.3. The molecule has 0 saturated heterocycles. The van der Waals surface area contributed by atoms with E-state index in [4.69, 9.17) is 9.97 Å². The molecule has 10 aromatic rings. The highest BCUT2D eigenvalue weighted by atomic mass is 32.1. The summed E-state index contributed by atoms with van der Waals surface area (Å²) < 4.78 is 2.56. The van der Waals surface area contributed by atoms with Crippen LogP contribution in [0.15, 0.2) is 146 Å². The molecule has 0 aliphatic carbocycles. The normalized spacial score (nSPS) is 12.0. The van der Waals surface area contributed by atoms with Crippen LogP contribution in [0.2, 0.25) is 0 Å². The van der Waals surface area contributed by atoms with Crippen molar-refractivity contribution in [3.63, 3.8) is 0 Å². The second kappa shape index (κ2) is 9.43. The molecule has 0 aliphatic rings. The molecule has 0 saturated carbocycles. The van der Waals surface area contributed by atoms with E-state index in [1.54, 1.807) is 0 Å². The molecule has 8 aromatic carbocycles. The van der Waals surface area contributed by atoms with Crippen molar-refractivity contribution in [2.75, 3.05) is 0 Å². The van der Waals surface area contributed by atoms with Gasteiger partial charge in [-0.1, -0.05) is 115 Å². The van der Waals surface area contributed by atoms with Gasteiger partial charge in [0.25, 0.3) is 0 Å². The standard InChI is InChI=1S/C42H24N2S/c1-2-10-25(11-3-1)27-18-20-31-33(22-27)29-14-6-7-15-30(29)34-23-35(40-32-16-8-9-17-38(32)45-41(40)39(31)34)42-43-24-36-28-13-5-4-12-26(28)19-21-37(36)44-42/h1-24H. The van der Waals surface area contributed by atoms with E-state index in [1.807, 2.05) is 17.5 Å². The van der Waals surface area contributed by atoms with Crippen molar-refractivity contribution in [2.45, 2.75) is 0 Å². The zero-order chi connectivity index (χ0) is 29.5. The molecule has 3 heteroatoms. The average molecular weight is 589 g/mol. The summed E-state index contributed by atoms with van der Waals surface area (Å²) in [6.07, 6.45) is 2.01. The number of hydrogen-bond acceptors (Lipinski definition) is 3. The molecular weight excluding hydrogens is 565 g/mol. The molecule has 2 aromatic heterocycles. The predicted octanol–water partition coefficient (Wildman–Crippen LogP) is 11.9. The Balaban J connectivity index is 1.36. The first-order valence-electron chi connectivity index (χ1n) is 15.2. The summed E-state index contributed by atoms with van der Waals surface area (Å²) in [5, 5.41) is 13.5. The molecule has 0 N–H and O–H groups in total. The van der Waals surface area contributed by atoms with E-state index in [-0.39, 0.29) is 0 Å². The van der Waals surface area contributed by atoms with Crippen LogP contribution in [0.3, 0.4) is 0 Å². The molecule has 0 radical (unpaired) electrons. The third kappa shape index (κ3) is 3.62. The van der Waals surface area contributed by atoms with E-state index < -0.39 is 0 Å². The Morgan fingerprint density at radius 1 is 0.444 bits per heavy atom. The van der Waals surface area contributed by atoms with Gasteiger partial charge in [0.2, 0.25) is 0 Å². The Labute approximate surface area is 262 Å². The molecule has 10 rings (SSSR count). The van der Waals surface area contributed by atoms with Crippen LogP contribution in [0.1, 0.15) is 0 Å². The topological polar surface area (TPSA) is 25.8 Å². The van der Waals surface area contributed by atoms with E-state index in [0.29, 0.717) is 0 Å². The van der Waals surface area contributed by atoms with Crippen molar-refractivity contribution in [3.8, 4) is 22.5 Å². The zero-order valence-electron chi connectivity index (χ0n) is 24.2. The number of thiophene rings is 1. The molecule has 45 heavy (non-hydrogen) atoms. The number of fused-ring (bicyclic) bond motifs is 13. The van der Waals surface area contributed by atoms with Gasteiger partial charge in [-0.15, -0.1) is 11.3 Å². The number of benzene rings is 8. The summed E-state index contributed by atoms with van der Waals surface area (Å²) in [5.41, 5.74) is 4.50. The van der Waals surface area contributed by atoms with Crippen LogP contribution >= 0.6 is 11.3 Å². The van der Waals surface area contributed by atoms with Crippen molar-refractivity contribution in [1.29, 1.82) is 0 Å². The Morgan fingerprint density at radius 2 is 1.18 bits per heavy atom. The first-order valence-corrected chi connectivity index (χ1v) is 16.1. The Hall–Kier alpha value is -5.64.